The summed E-state index contributed by atoms with van der Waals surface area (Å²) in [7, 11) is 0. The predicted molar refractivity (Wildman–Crippen MR) is 66.6 cm³/mol. The fourth-order valence-corrected chi connectivity index (χ4v) is 1.65. The Balaban J connectivity index is 2.04. The van der Waals surface area contributed by atoms with Gasteiger partial charge in [-0.05, 0) is 35.7 Å². The van der Waals surface area contributed by atoms with Crippen LogP contribution in [0.4, 0.5) is 4.39 Å². The third-order valence-electron chi connectivity index (χ3n) is 2.65. The normalized spacial score (nSPS) is 10.2. The maximum Gasteiger partial charge on any atom is 0.126 e. The lowest BCUT2D eigenvalue weighted by Gasteiger charge is -2.08. The molecule has 0 aliphatic rings. The van der Waals surface area contributed by atoms with Crippen LogP contribution in [0.2, 0.25) is 0 Å². The van der Waals surface area contributed by atoms with Gasteiger partial charge in [-0.2, -0.15) is 0 Å². The van der Waals surface area contributed by atoms with Crippen LogP contribution in [0.5, 0.6) is 5.75 Å². The van der Waals surface area contributed by atoms with Crippen LogP contribution < -0.4 is 4.74 Å². The van der Waals surface area contributed by atoms with Crippen molar-refractivity contribution in [2.75, 3.05) is 0 Å². The molecule has 0 radical (unpaired) electrons. The highest BCUT2D eigenvalue weighted by Crippen LogP contribution is 2.18. The maximum atomic E-state index is 13.3. The van der Waals surface area contributed by atoms with Crippen molar-refractivity contribution in [2.24, 2.45) is 0 Å². The fourth-order valence-electron chi connectivity index (χ4n) is 1.65. The Morgan fingerprint density at radius 3 is 2.53 bits per heavy atom. The molecular weight excluding hydrogens is 215 g/mol. The third kappa shape index (κ3) is 3.06. The van der Waals surface area contributed by atoms with E-state index in [2.05, 4.69) is 0 Å². The molecule has 2 heteroatoms. The first-order chi connectivity index (χ1) is 8.29. The minimum absolute atomic E-state index is 0.167. The molecular formula is C15H15FO. The van der Waals surface area contributed by atoms with E-state index in [0.29, 0.717) is 24.3 Å². The second-order valence-corrected chi connectivity index (χ2v) is 3.88. The Kier molecular flexibility index (Phi) is 3.76. The summed E-state index contributed by atoms with van der Waals surface area (Å²) in [5, 5.41) is 0. The largest absolute Gasteiger partial charge is 0.489 e. The molecule has 0 saturated heterocycles. The molecule has 2 aromatic rings. The van der Waals surface area contributed by atoms with Crippen LogP contribution in [0.3, 0.4) is 0 Å². The molecule has 0 spiro atoms. The molecule has 0 unspecified atom stereocenters. The van der Waals surface area contributed by atoms with Gasteiger partial charge in [-0.1, -0.05) is 37.3 Å². The number of ether oxygens (including phenoxy) is 1. The van der Waals surface area contributed by atoms with Gasteiger partial charge in [0, 0.05) is 0 Å². The van der Waals surface area contributed by atoms with Gasteiger partial charge < -0.3 is 4.74 Å². The van der Waals surface area contributed by atoms with E-state index < -0.39 is 0 Å². The number of benzene rings is 2. The first-order valence-electron chi connectivity index (χ1n) is 5.74. The number of halogens is 1. The zero-order valence-electron chi connectivity index (χ0n) is 9.82. The molecule has 0 aliphatic carbocycles. The Morgan fingerprint density at radius 2 is 1.82 bits per heavy atom. The van der Waals surface area contributed by atoms with E-state index in [-0.39, 0.29) is 5.82 Å². The van der Waals surface area contributed by atoms with Gasteiger partial charge >= 0.3 is 0 Å². The van der Waals surface area contributed by atoms with Gasteiger partial charge in [-0.3, -0.25) is 0 Å². The summed E-state index contributed by atoms with van der Waals surface area (Å²) in [5.74, 6) is 0.548. The van der Waals surface area contributed by atoms with Crippen molar-refractivity contribution in [2.45, 2.75) is 20.0 Å². The Labute approximate surface area is 101 Å². The van der Waals surface area contributed by atoms with E-state index in [1.165, 1.54) is 6.07 Å². The molecule has 0 heterocycles. The molecule has 0 aliphatic heterocycles. The topological polar surface area (TPSA) is 9.23 Å². The van der Waals surface area contributed by atoms with Crippen molar-refractivity contribution >= 4 is 0 Å². The molecule has 0 saturated carbocycles. The van der Waals surface area contributed by atoms with Crippen molar-refractivity contribution in [3.05, 3.63) is 65.5 Å². The standard InChI is InChI=1S/C15H15FO/c1-2-13-10-14(8-9-15(13)16)17-11-12-6-4-3-5-7-12/h3-10H,2,11H2,1H3. The molecule has 2 aromatic carbocycles. The van der Waals surface area contributed by atoms with Gasteiger partial charge in [0.05, 0.1) is 0 Å². The van der Waals surface area contributed by atoms with Gasteiger partial charge in [0.2, 0.25) is 0 Å². The number of aryl methyl sites for hydroxylation is 1. The lowest BCUT2D eigenvalue weighted by atomic mass is 10.1. The second kappa shape index (κ2) is 5.48. The van der Waals surface area contributed by atoms with E-state index in [1.54, 1.807) is 12.1 Å². The molecule has 1 nitrogen and oxygen atoms in total. The van der Waals surface area contributed by atoms with Gasteiger partial charge in [0.1, 0.15) is 18.2 Å². The van der Waals surface area contributed by atoms with Crippen LogP contribution in [0.1, 0.15) is 18.1 Å². The predicted octanol–water partition coefficient (Wildman–Crippen LogP) is 3.97. The van der Waals surface area contributed by atoms with Crippen LogP contribution in [-0.2, 0) is 13.0 Å². The van der Waals surface area contributed by atoms with Gasteiger partial charge in [-0.15, -0.1) is 0 Å². The van der Waals surface area contributed by atoms with Crippen LogP contribution in [0.25, 0.3) is 0 Å². The smallest absolute Gasteiger partial charge is 0.126 e. The van der Waals surface area contributed by atoms with Crippen molar-refractivity contribution in [3.63, 3.8) is 0 Å². The minimum Gasteiger partial charge on any atom is -0.489 e. The van der Waals surface area contributed by atoms with E-state index >= 15 is 0 Å². The minimum atomic E-state index is -0.167. The monoisotopic (exact) mass is 230 g/mol. The molecule has 0 N–H and O–H groups in total. The Hall–Kier alpha value is -1.83. The average Bonchev–Trinajstić information content (AvgIpc) is 2.39. The average molecular weight is 230 g/mol. The first-order valence-corrected chi connectivity index (χ1v) is 5.74. The molecule has 0 amide bonds. The molecule has 0 fully saturated rings. The van der Waals surface area contributed by atoms with Crippen molar-refractivity contribution in [3.8, 4) is 5.75 Å². The van der Waals surface area contributed by atoms with Crippen LogP contribution in [0.15, 0.2) is 48.5 Å². The molecule has 17 heavy (non-hydrogen) atoms. The molecule has 2 rings (SSSR count). The van der Waals surface area contributed by atoms with Gasteiger partial charge in [0.15, 0.2) is 0 Å². The molecule has 0 aromatic heterocycles. The SMILES string of the molecule is CCc1cc(OCc2ccccc2)ccc1F. The van der Waals surface area contributed by atoms with Gasteiger partial charge in [0.25, 0.3) is 0 Å². The summed E-state index contributed by atoms with van der Waals surface area (Å²) in [4.78, 5) is 0. The molecule has 88 valence electrons. The summed E-state index contributed by atoms with van der Waals surface area (Å²) >= 11 is 0. The quantitative estimate of drug-likeness (QED) is 0.772. The zero-order chi connectivity index (χ0) is 12.1. The Morgan fingerprint density at radius 1 is 1.06 bits per heavy atom. The highest BCUT2D eigenvalue weighted by molar-refractivity contribution is 5.30. The number of rotatable bonds is 4. The number of hydrogen-bond donors (Lipinski definition) is 0. The summed E-state index contributed by atoms with van der Waals surface area (Å²) in [6.45, 7) is 2.44. The van der Waals surface area contributed by atoms with Crippen LogP contribution in [0, 0.1) is 5.82 Å². The van der Waals surface area contributed by atoms with Crippen LogP contribution in [-0.4, -0.2) is 0 Å². The molecule has 0 bridgehead atoms. The molecule has 0 atom stereocenters. The second-order valence-electron chi connectivity index (χ2n) is 3.88. The van der Waals surface area contributed by atoms with E-state index in [1.807, 2.05) is 37.3 Å². The summed E-state index contributed by atoms with van der Waals surface area (Å²) in [6.07, 6.45) is 0.675. The van der Waals surface area contributed by atoms with Crippen molar-refractivity contribution < 1.29 is 9.13 Å². The highest BCUT2D eigenvalue weighted by Gasteiger charge is 2.02. The van der Waals surface area contributed by atoms with E-state index in [9.17, 15) is 4.39 Å². The maximum absolute atomic E-state index is 13.3. The summed E-state index contributed by atoms with van der Waals surface area (Å²) in [6, 6.07) is 14.8. The zero-order valence-corrected chi connectivity index (χ0v) is 9.82. The summed E-state index contributed by atoms with van der Waals surface area (Å²) in [5.41, 5.74) is 1.80. The number of hydrogen-bond acceptors (Lipinski definition) is 1. The van der Waals surface area contributed by atoms with Gasteiger partial charge in [-0.25, -0.2) is 4.39 Å². The summed E-state index contributed by atoms with van der Waals surface area (Å²) < 4.78 is 18.9. The fraction of sp³-hybridized carbons (Fsp3) is 0.200. The first kappa shape index (κ1) is 11.6. The highest BCUT2D eigenvalue weighted by atomic mass is 19.1. The van der Waals surface area contributed by atoms with Crippen molar-refractivity contribution in [1.29, 1.82) is 0 Å². The van der Waals surface area contributed by atoms with Crippen molar-refractivity contribution in [1.82, 2.24) is 0 Å². The lowest BCUT2D eigenvalue weighted by molar-refractivity contribution is 0.305. The Bertz CT molecular complexity index is 480. The van der Waals surface area contributed by atoms with E-state index in [0.717, 1.165) is 5.56 Å². The third-order valence-corrected chi connectivity index (χ3v) is 2.65. The lowest BCUT2D eigenvalue weighted by Crippen LogP contribution is -1.96. The van der Waals surface area contributed by atoms with Crippen LogP contribution >= 0.6 is 0 Å². The van der Waals surface area contributed by atoms with E-state index in [4.69, 9.17) is 4.74 Å².